The van der Waals surface area contributed by atoms with E-state index >= 15 is 0 Å². The number of carbonyl (C=O) groups is 2. The zero-order valence-electron chi connectivity index (χ0n) is 15.3. The van der Waals surface area contributed by atoms with E-state index in [2.05, 4.69) is 12.2 Å². The molecule has 1 saturated heterocycles. The van der Waals surface area contributed by atoms with Gasteiger partial charge in [0.25, 0.3) is 5.91 Å². The van der Waals surface area contributed by atoms with Gasteiger partial charge in [0.2, 0.25) is 5.91 Å². The smallest absolute Gasteiger partial charge is 0.252 e. The van der Waals surface area contributed by atoms with E-state index in [4.69, 9.17) is 4.74 Å². The number of hydrogen-bond donors (Lipinski definition) is 1. The summed E-state index contributed by atoms with van der Waals surface area (Å²) in [6, 6.07) is 9.33. The van der Waals surface area contributed by atoms with Crippen molar-refractivity contribution >= 4 is 11.8 Å². The summed E-state index contributed by atoms with van der Waals surface area (Å²) in [4.78, 5) is 27.3. The van der Waals surface area contributed by atoms with Gasteiger partial charge < -0.3 is 15.0 Å². The molecular weight excluding hydrogens is 316 g/mol. The molecule has 0 spiro atoms. The van der Waals surface area contributed by atoms with Crippen LogP contribution in [0.4, 0.5) is 0 Å². The second-order valence-corrected chi connectivity index (χ2v) is 7.50. The van der Waals surface area contributed by atoms with Gasteiger partial charge in [0.05, 0.1) is 6.04 Å². The van der Waals surface area contributed by atoms with Crippen molar-refractivity contribution in [3.05, 3.63) is 35.9 Å². The molecule has 0 unspecified atom stereocenters. The lowest BCUT2D eigenvalue weighted by Gasteiger charge is -2.43. The summed E-state index contributed by atoms with van der Waals surface area (Å²) in [5, 5.41) is 3.21. The zero-order valence-corrected chi connectivity index (χ0v) is 15.3. The molecule has 1 aliphatic carbocycles. The summed E-state index contributed by atoms with van der Waals surface area (Å²) >= 11 is 0. The van der Waals surface area contributed by atoms with Gasteiger partial charge in [-0.3, -0.25) is 9.59 Å². The van der Waals surface area contributed by atoms with Gasteiger partial charge in [-0.15, -0.1) is 0 Å². The number of carbonyl (C=O) groups excluding carboxylic acids is 2. The molecule has 1 aromatic rings. The van der Waals surface area contributed by atoms with Gasteiger partial charge in [0.1, 0.15) is 6.61 Å². The molecule has 2 fully saturated rings. The first-order valence-electron chi connectivity index (χ1n) is 9.27. The highest BCUT2D eigenvalue weighted by atomic mass is 16.5. The molecule has 25 heavy (non-hydrogen) atoms. The summed E-state index contributed by atoms with van der Waals surface area (Å²) in [5.74, 6) is -0.166. The number of hydrogen-bond acceptors (Lipinski definition) is 3. The summed E-state index contributed by atoms with van der Waals surface area (Å²) in [6.45, 7) is 6.05. The van der Waals surface area contributed by atoms with Crippen LogP contribution in [0.1, 0.15) is 58.1 Å². The van der Waals surface area contributed by atoms with Crippen molar-refractivity contribution in [1.82, 2.24) is 10.2 Å². The van der Waals surface area contributed by atoms with Crippen molar-refractivity contribution in [3.63, 3.8) is 0 Å². The van der Waals surface area contributed by atoms with E-state index in [-0.39, 0.29) is 36.0 Å². The van der Waals surface area contributed by atoms with Crippen LogP contribution in [0, 0.1) is 0 Å². The highest BCUT2D eigenvalue weighted by Gasteiger charge is 2.48. The summed E-state index contributed by atoms with van der Waals surface area (Å²) in [5.41, 5.74) is 0.880. The molecule has 1 N–H and O–H groups in total. The molecule has 5 heteroatoms. The molecule has 1 heterocycles. The number of benzene rings is 1. The van der Waals surface area contributed by atoms with Crippen molar-refractivity contribution in [1.29, 1.82) is 0 Å². The van der Waals surface area contributed by atoms with Crippen LogP contribution >= 0.6 is 0 Å². The van der Waals surface area contributed by atoms with Crippen LogP contribution in [0.2, 0.25) is 0 Å². The first-order chi connectivity index (χ1) is 12.0. The first-order valence-corrected chi connectivity index (χ1v) is 9.27. The number of morpholine rings is 1. The van der Waals surface area contributed by atoms with Crippen molar-refractivity contribution < 1.29 is 14.3 Å². The van der Waals surface area contributed by atoms with E-state index in [1.165, 1.54) is 0 Å². The van der Waals surface area contributed by atoms with Crippen LogP contribution in [0.3, 0.4) is 0 Å². The molecule has 0 aromatic heterocycles. The third kappa shape index (κ3) is 3.71. The molecule has 2 amide bonds. The lowest BCUT2D eigenvalue weighted by Crippen LogP contribution is -2.57. The van der Waals surface area contributed by atoms with Crippen LogP contribution in [-0.2, 0) is 14.3 Å². The topological polar surface area (TPSA) is 58.6 Å². The fourth-order valence-corrected chi connectivity index (χ4v) is 3.84. The second-order valence-electron chi connectivity index (χ2n) is 7.50. The number of rotatable bonds is 6. The first kappa shape index (κ1) is 17.9. The number of amides is 2. The zero-order chi connectivity index (χ0) is 18.0. The Morgan fingerprint density at radius 3 is 2.56 bits per heavy atom. The van der Waals surface area contributed by atoms with E-state index in [0.29, 0.717) is 0 Å². The van der Waals surface area contributed by atoms with E-state index in [1.807, 2.05) is 44.2 Å². The Kier molecular flexibility index (Phi) is 5.13. The minimum atomic E-state index is -0.670. The SMILES string of the molecule is CCCC1(NC(=O)[C@H]2OCC(=O)N(C(C)C)[C@@H]2c2ccccc2)CC1. The molecule has 5 nitrogen and oxygen atoms in total. The van der Waals surface area contributed by atoms with Crippen molar-refractivity contribution in [2.75, 3.05) is 6.61 Å². The highest BCUT2D eigenvalue weighted by Crippen LogP contribution is 2.40. The Morgan fingerprint density at radius 2 is 2.00 bits per heavy atom. The molecule has 1 aromatic carbocycles. The van der Waals surface area contributed by atoms with Crippen molar-refractivity contribution in [2.24, 2.45) is 0 Å². The van der Waals surface area contributed by atoms with Gasteiger partial charge >= 0.3 is 0 Å². The van der Waals surface area contributed by atoms with Crippen LogP contribution in [0.5, 0.6) is 0 Å². The summed E-state index contributed by atoms with van der Waals surface area (Å²) in [7, 11) is 0. The fourth-order valence-electron chi connectivity index (χ4n) is 3.84. The Morgan fingerprint density at radius 1 is 1.32 bits per heavy atom. The van der Waals surface area contributed by atoms with Crippen molar-refractivity contribution in [3.8, 4) is 0 Å². The van der Waals surface area contributed by atoms with E-state index < -0.39 is 6.10 Å². The predicted octanol–water partition coefficient (Wildman–Crippen LogP) is 2.81. The van der Waals surface area contributed by atoms with Gasteiger partial charge in [0.15, 0.2) is 6.10 Å². The minimum absolute atomic E-state index is 0.00225. The van der Waals surface area contributed by atoms with Crippen LogP contribution in [-0.4, -0.2) is 41.0 Å². The van der Waals surface area contributed by atoms with E-state index in [1.54, 1.807) is 4.90 Å². The largest absolute Gasteiger partial charge is 0.356 e. The quantitative estimate of drug-likeness (QED) is 0.863. The van der Waals surface area contributed by atoms with E-state index in [9.17, 15) is 9.59 Å². The predicted molar refractivity (Wildman–Crippen MR) is 95.9 cm³/mol. The van der Waals surface area contributed by atoms with Gasteiger partial charge in [-0.05, 0) is 38.7 Å². The third-order valence-corrected chi connectivity index (χ3v) is 5.19. The average molecular weight is 344 g/mol. The molecule has 0 bridgehead atoms. The van der Waals surface area contributed by atoms with Gasteiger partial charge in [0, 0.05) is 11.6 Å². The molecule has 1 saturated carbocycles. The lowest BCUT2D eigenvalue weighted by atomic mass is 9.95. The highest BCUT2D eigenvalue weighted by molar-refractivity contribution is 5.87. The Hall–Kier alpha value is -1.88. The molecule has 3 rings (SSSR count). The monoisotopic (exact) mass is 344 g/mol. The minimum Gasteiger partial charge on any atom is -0.356 e. The molecule has 2 atom stereocenters. The van der Waals surface area contributed by atoms with Crippen LogP contribution in [0.15, 0.2) is 30.3 Å². The fraction of sp³-hybridized carbons (Fsp3) is 0.600. The number of ether oxygens (including phenoxy) is 1. The van der Waals surface area contributed by atoms with Crippen LogP contribution < -0.4 is 5.32 Å². The van der Waals surface area contributed by atoms with Gasteiger partial charge in [-0.25, -0.2) is 0 Å². The molecule has 1 aliphatic heterocycles. The maximum Gasteiger partial charge on any atom is 0.252 e. The Bertz CT molecular complexity index is 625. The number of nitrogens with zero attached hydrogens (tertiary/aromatic N) is 1. The maximum absolute atomic E-state index is 13.0. The van der Waals surface area contributed by atoms with Crippen molar-refractivity contribution in [2.45, 2.75) is 70.2 Å². The standard InChI is InChI=1S/C20H28N2O3/c1-4-10-20(11-12-20)21-19(24)18-17(15-8-6-5-7-9-15)22(14(2)3)16(23)13-25-18/h5-9,14,17-18H,4,10-13H2,1-3H3,(H,21,24)/t17-,18+/m1/s1. The van der Waals surface area contributed by atoms with Gasteiger partial charge in [-0.1, -0.05) is 43.7 Å². The Balaban J connectivity index is 1.87. The van der Waals surface area contributed by atoms with E-state index in [0.717, 1.165) is 31.2 Å². The summed E-state index contributed by atoms with van der Waals surface area (Å²) in [6.07, 6.45) is 3.43. The lowest BCUT2D eigenvalue weighted by molar-refractivity contribution is -0.167. The third-order valence-electron chi connectivity index (χ3n) is 5.19. The molecular formula is C20H28N2O3. The maximum atomic E-state index is 13.0. The molecule has 2 aliphatic rings. The van der Waals surface area contributed by atoms with Crippen LogP contribution in [0.25, 0.3) is 0 Å². The normalized spacial score (nSPS) is 25.1. The average Bonchev–Trinajstić information content (AvgIpc) is 3.34. The molecule has 0 radical (unpaired) electrons. The Labute approximate surface area is 149 Å². The molecule has 136 valence electrons. The van der Waals surface area contributed by atoms with Gasteiger partial charge in [-0.2, -0.15) is 0 Å². The summed E-state index contributed by atoms with van der Waals surface area (Å²) < 4.78 is 5.75. The second kappa shape index (κ2) is 7.16. The number of nitrogens with one attached hydrogen (secondary N) is 1.